The quantitative estimate of drug-likeness (QED) is 0.280. The molecule has 0 saturated carbocycles. The van der Waals surface area contributed by atoms with Crippen LogP contribution in [0.1, 0.15) is 28.7 Å². The molecule has 0 aliphatic carbocycles. The van der Waals surface area contributed by atoms with Crippen LogP contribution in [0.25, 0.3) is 0 Å². The summed E-state index contributed by atoms with van der Waals surface area (Å²) in [5.41, 5.74) is 5.89. The van der Waals surface area contributed by atoms with Crippen molar-refractivity contribution in [2.45, 2.75) is 37.8 Å². The standard InChI is InChI=1S/C26H27F3NO5P/c27-26(28,29)23-14-19(11-12-25(30,17-31)18-35-36-32)9-10-24(23)34-16-21-7-4-8-22(13-21)33-15-20-5-2-1-3-6-20/h1-10,13-14,31H,11-12,15-18,30H2. The number of aliphatic hydroxyl groups is 1. The van der Waals surface area contributed by atoms with Gasteiger partial charge in [-0.15, -0.1) is 0 Å². The smallest absolute Gasteiger partial charge is 0.419 e. The molecule has 0 saturated heterocycles. The van der Waals surface area contributed by atoms with Gasteiger partial charge < -0.3 is 20.3 Å². The molecule has 0 amide bonds. The van der Waals surface area contributed by atoms with Crippen molar-refractivity contribution in [1.29, 1.82) is 0 Å². The minimum atomic E-state index is -4.63. The van der Waals surface area contributed by atoms with E-state index >= 15 is 0 Å². The van der Waals surface area contributed by atoms with E-state index in [-0.39, 0.29) is 31.8 Å². The lowest BCUT2D eigenvalue weighted by Crippen LogP contribution is -2.47. The Labute approximate surface area is 209 Å². The van der Waals surface area contributed by atoms with Crippen LogP contribution in [0.3, 0.4) is 0 Å². The van der Waals surface area contributed by atoms with Gasteiger partial charge in [0.15, 0.2) is 0 Å². The number of hydrogen-bond donors (Lipinski definition) is 2. The van der Waals surface area contributed by atoms with E-state index in [2.05, 4.69) is 0 Å². The topological polar surface area (TPSA) is 91.0 Å². The summed E-state index contributed by atoms with van der Waals surface area (Å²) in [5, 5.41) is 9.49. The van der Waals surface area contributed by atoms with Crippen molar-refractivity contribution in [3.63, 3.8) is 0 Å². The molecular formula is C26H27F3NO5P. The maximum atomic E-state index is 13.8. The van der Waals surface area contributed by atoms with Gasteiger partial charge >= 0.3 is 14.9 Å². The van der Waals surface area contributed by atoms with Gasteiger partial charge in [0.2, 0.25) is 0 Å². The molecule has 0 bridgehead atoms. The zero-order valence-corrected chi connectivity index (χ0v) is 20.3. The minimum absolute atomic E-state index is 0.0762. The third-order valence-electron chi connectivity index (χ3n) is 5.52. The van der Waals surface area contributed by atoms with E-state index < -0.39 is 32.6 Å². The van der Waals surface area contributed by atoms with E-state index in [1.54, 1.807) is 24.3 Å². The number of rotatable bonds is 13. The van der Waals surface area contributed by atoms with Crippen LogP contribution in [0, 0.1) is 0 Å². The highest BCUT2D eigenvalue weighted by molar-refractivity contribution is 7.17. The van der Waals surface area contributed by atoms with Crippen molar-refractivity contribution in [2.24, 2.45) is 5.73 Å². The summed E-state index contributed by atoms with van der Waals surface area (Å²) < 4.78 is 67.8. The van der Waals surface area contributed by atoms with Crippen molar-refractivity contribution in [3.05, 3.63) is 95.1 Å². The second kappa shape index (κ2) is 12.8. The molecule has 3 N–H and O–H groups in total. The first-order chi connectivity index (χ1) is 17.2. The molecule has 0 aliphatic rings. The molecule has 10 heteroatoms. The van der Waals surface area contributed by atoms with Crippen molar-refractivity contribution in [2.75, 3.05) is 13.2 Å². The summed E-state index contributed by atoms with van der Waals surface area (Å²) >= 11 is 0. The fourth-order valence-electron chi connectivity index (χ4n) is 3.45. The molecule has 1 atom stereocenters. The van der Waals surface area contributed by atoms with E-state index in [9.17, 15) is 22.8 Å². The molecule has 3 rings (SSSR count). The highest BCUT2D eigenvalue weighted by Crippen LogP contribution is 2.37. The van der Waals surface area contributed by atoms with E-state index in [4.69, 9.17) is 19.7 Å². The SMILES string of the molecule is NC(CO)(CCc1ccc(OCc2cccc(OCc3ccccc3)c2)c(C(F)(F)F)c1)COP=O. The predicted octanol–water partition coefficient (Wildman–Crippen LogP) is 5.71. The molecule has 0 aromatic heterocycles. The van der Waals surface area contributed by atoms with Crippen molar-refractivity contribution < 1.29 is 36.8 Å². The Morgan fingerprint density at radius 1 is 0.861 bits per heavy atom. The van der Waals surface area contributed by atoms with Gasteiger partial charge in [-0.2, -0.15) is 13.2 Å². The van der Waals surface area contributed by atoms with E-state index in [1.165, 1.54) is 12.1 Å². The molecule has 0 fully saturated rings. The summed E-state index contributed by atoms with van der Waals surface area (Å²) in [6.07, 6.45) is -4.35. The largest absolute Gasteiger partial charge is 0.489 e. The monoisotopic (exact) mass is 521 g/mol. The summed E-state index contributed by atoms with van der Waals surface area (Å²) in [6, 6.07) is 20.4. The van der Waals surface area contributed by atoms with Gasteiger partial charge in [0.05, 0.1) is 24.3 Å². The molecular weight excluding hydrogens is 494 g/mol. The molecule has 3 aromatic rings. The fourth-order valence-corrected chi connectivity index (χ4v) is 3.76. The molecule has 3 aromatic carbocycles. The number of hydrogen-bond acceptors (Lipinski definition) is 6. The first kappa shape index (κ1) is 27.6. The molecule has 1 unspecified atom stereocenters. The molecule has 192 valence electrons. The highest BCUT2D eigenvalue weighted by Gasteiger charge is 2.35. The number of aliphatic hydroxyl groups excluding tert-OH is 1. The van der Waals surface area contributed by atoms with Gasteiger partial charge in [-0.3, -0.25) is 4.52 Å². The van der Waals surface area contributed by atoms with Crippen LogP contribution in [0.5, 0.6) is 11.5 Å². The number of benzene rings is 3. The molecule has 36 heavy (non-hydrogen) atoms. The highest BCUT2D eigenvalue weighted by atomic mass is 31.1. The normalized spacial score (nSPS) is 13.4. The Morgan fingerprint density at radius 3 is 2.28 bits per heavy atom. The van der Waals surface area contributed by atoms with Crippen LogP contribution in [0.4, 0.5) is 13.2 Å². The Hall–Kier alpha value is -2.97. The Balaban J connectivity index is 1.67. The Morgan fingerprint density at radius 2 is 1.58 bits per heavy atom. The Bertz CT molecular complexity index is 1130. The third kappa shape index (κ3) is 8.31. The lowest BCUT2D eigenvalue weighted by Gasteiger charge is -2.25. The lowest BCUT2D eigenvalue weighted by atomic mass is 9.93. The summed E-state index contributed by atoms with van der Waals surface area (Å²) in [4.78, 5) is 0. The average Bonchev–Trinajstić information content (AvgIpc) is 2.89. The van der Waals surface area contributed by atoms with E-state index in [0.717, 1.165) is 11.6 Å². The fraction of sp³-hybridized carbons (Fsp3) is 0.308. The second-order valence-electron chi connectivity index (χ2n) is 8.41. The van der Waals surface area contributed by atoms with Crippen LogP contribution in [-0.2, 0) is 34.9 Å². The second-order valence-corrected chi connectivity index (χ2v) is 8.81. The van der Waals surface area contributed by atoms with Crippen LogP contribution in [-0.4, -0.2) is 23.9 Å². The number of aryl methyl sites for hydroxylation is 1. The number of alkyl halides is 3. The number of ether oxygens (including phenoxy) is 2. The van der Waals surface area contributed by atoms with Crippen molar-refractivity contribution in [1.82, 2.24) is 0 Å². The number of nitrogens with two attached hydrogens (primary N) is 1. The maximum Gasteiger partial charge on any atom is 0.419 e. The van der Waals surface area contributed by atoms with Crippen LogP contribution in [0.2, 0.25) is 0 Å². The van der Waals surface area contributed by atoms with Gasteiger partial charge in [-0.05, 0) is 53.8 Å². The molecule has 0 heterocycles. The first-order valence-corrected chi connectivity index (χ1v) is 11.9. The molecule has 0 aliphatic heterocycles. The van der Waals surface area contributed by atoms with Crippen molar-refractivity contribution in [3.8, 4) is 11.5 Å². The lowest BCUT2D eigenvalue weighted by molar-refractivity contribution is -0.139. The van der Waals surface area contributed by atoms with Crippen LogP contribution >= 0.6 is 8.69 Å². The van der Waals surface area contributed by atoms with Crippen LogP contribution in [0.15, 0.2) is 72.8 Å². The third-order valence-corrected chi connectivity index (χ3v) is 5.76. The van der Waals surface area contributed by atoms with Gasteiger partial charge in [-0.25, -0.2) is 4.57 Å². The average molecular weight is 521 g/mol. The first-order valence-electron chi connectivity index (χ1n) is 11.2. The molecule has 0 spiro atoms. The number of halogens is 3. The molecule has 0 radical (unpaired) electrons. The summed E-state index contributed by atoms with van der Waals surface area (Å²) in [6.45, 7) is -0.374. The van der Waals surface area contributed by atoms with E-state index in [0.29, 0.717) is 23.5 Å². The van der Waals surface area contributed by atoms with Crippen LogP contribution < -0.4 is 15.2 Å². The maximum absolute atomic E-state index is 13.8. The van der Waals surface area contributed by atoms with Gasteiger partial charge in [0.25, 0.3) is 0 Å². The Kier molecular flexibility index (Phi) is 9.84. The predicted molar refractivity (Wildman–Crippen MR) is 129 cm³/mol. The van der Waals surface area contributed by atoms with Gasteiger partial charge in [0, 0.05) is 0 Å². The summed E-state index contributed by atoms with van der Waals surface area (Å²) in [5.74, 6) is 0.289. The van der Waals surface area contributed by atoms with Gasteiger partial charge in [-0.1, -0.05) is 48.5 Å². The van der Waals surface area contributed by atoms with Crippen molar-refractivity contribution >= 4 is 8.69 Å². The zero-order chi connectivity index (χ0) is 26.0. The summed E-state index contributed by atoms with van der Waals surface area (Å²) in [7, 11) is -0.588. The minimum Gasteiger partial charge on any atom is -0.489 e. The van der Waals surface area contributed by atoms with Gasteiger partial charge in [0.1, 0.15) is 24.7 Å². The molecule has 6 nitrogen and oxygen atoms in total. The van der Waals surface area contributed by atoms with E-state index in [1.807, 2.05) is 30.3 Å². The zero-order valence-electron chi connectivity index (χ0n) is 19.4.